The standard InChI is InChI=1S/C10H12O2/c1-2-5-9(11)8-6-3-4-7-10(8)12/h3-4,6-8H,2,5H2,1H3. The lowest BCUT2D eigenvalue weighted by atomic mass is 9.93. The molecule has 0 spiro atoms. The van der Waals surface area contributed by atoms with Gasteiger partial charge in [0, 0.05) is 6.42 Å². The molecule has 1 rings (SSSR count). The lowest BCUT2D eigenvalue weighted by Crippen LogP contribution is -2.21. The summed E-state index contributed by atoms with van der Waals surface area (Å²) in [6.45, 7) is 1.94. The number of Topliss-reactive ketones (excluding diaryl/α,β-unsaturated/α-hetero) is 1. The van der Waals surface area contributed by atoms with Crippen molar-refractivity contribution in [1.82, 2.24) is 0 Å². The number of hydrogen-bond acceptors (Lipinski definition) is 2. The molecule has 0 amide bonds. The maximum absolute atomic E-state index is 11.3. The lowest BCUT2D eigenvalue weighted by molar-refractivity contribution is -0.128. The highest BCUT2D eigenvalue weighted by molar-refractivity contribution is 6.09. The number of carbonyl (C=O) groups is 2. The summed E-state index contributed by atoms with van der Waals surface area (Å²) >= 11 is 0. The van der Waals surface area contributed by atoms with Gasteiger partial charge in [-0.2, -0.15) is 0 Å². The van der Waals surface area contributed by atoms with E-state index in [1.807, 2.05) is 6.92 Å². The third-order valence-electron chi connectivity index (χ3n) is 1.82. The van der Waals surface area contributed by atoms with Crippen LogP contribution in [-0.2, 0) is 9.59 Å². The Hall–Kier alpha value is -1.18. The Morgan fingerprint density at radius 1 is 1.50 bits per heavy atom. The first-order valence-electron chi connectivity index (χ1n) is 4.17. The van der Waals surface area contributed by atoms with Crippen LogP contribution in [0.15, 0.2) is 24.3 Å². The first-order chi connectivity index (χ1) is 5.75. The first-order valence-corrected chi connectivity index (χ1v) is 4.17. The summed E-state index contributed by atoms with van der Waals surface area (Å²) < 4.78 is 0. The third-order valence-corrected chi connectivity index (χ3v) is 1.82. The van der Waals surface area contributed by atoms with E-state index in [4.69, 9.17) is 0 Å². The fourth-order valence-electron chi connectivity index (χ4n) is 1.19. The van der Waals surface area contributed by atoms with Gasteiger partial charge in [-0.25, -0.2) is 0 Å². The topological polar surface area (TPSA) is 34.1 Å². The van der Waals surface area contributed by atoms with Crippen LogP contribution in [0.4, 0.5) is 0 Å². The highest BCUT2D eigenvalue weighted by Crippen LogP contribution is 2.11. The minimum absolute atomic E-state index is 0.0306. The molecule has 0 radical (unpaired) electrons. The monoisotopic (exact) mass is 164 g/mol. The zero-order chi connectivity index (χ0) is 8.97. The highest BCUT2D eigenvalue weighted by Gasteiger charge is 2.21. The fraction of sp³-hybridized carbons (Fsp3) is 0.400. The molecule has 2 heteroatoms. The van der Waals surface area contributed by atoms with E-state index >= 15 is 0 Å². The van der Waals surface area contributed by atoms with E-state index in [9.17, 15) is 9.59 Å². The van der Waals surface area contributed by atoms with E-state index in [0.717, 1.165) is 6.42 Å². The smallest absolute Gasteiger partial charge is 0.169 e. The van der Waals surface area contributed by atoms with Gasteiger partial charge in [0.15, 0.2) is 5.78 Å². The molecule has 0 aliphatic heterocycles. The third kappa shape index (κ3) is 1.91. The minimum Gasteiger partial charge on any atom is -0.299 e. The maximum Gasteiger partial charge on any atom is 0.169 e. The molecule has 1 unspecified atom stereocenters. The molecule has 0 aromatic carbocycles. The van der Waals surface area contributed by atoms with Crippen LogP contribution < -0.4 is 0 Å². The summed E-state index contributed by atoms with van der Waals surface area (Å²) in [5, 5.41) is 0. The number of ketones is 2. The molecule has 0 N–H and O–H groups in total. The van der Waals surface area contributed by atoms with Gasteiger partial charge < -0.3 is 0 Å². The van der Waals surface area contributed by atoms with Crippen LogP contribution in [0.3, 0.4) is 0 Å². The lowest BCUT2D eigenvalue weighted by Gasteiger charge is -2.09. The van der Waals surface area contributed by atoms with Crippen LogP contribution in [0, 0.1) is 5.92 Å². The van der Waals surface area contributed by atoms with Crippen LogP contribution in [-0.4, -0.2) is 11.6 Å². The molecule has 0 saturated carbocycles. The molecule has 64 valence electrons. The SMILES string of the molecule is CCCC(=O)C1C=CC=CC1=O. The van der Waals surface area contributed by atoms with Gasteiger partial charge in [0.05, 0.1) is 5.92 Å². The van der Waals surface area contributed by atoms with Crippen molar-refractivity contribution in [2.75, 3.05) is 0 Å². The highest BCUT2D eigenvalue weighted by atomic mass is 16.1. The Kier molecular flexibility index (Phi) is 2.97. The van der Waals surface area contributed by atoms with Gasteiger partial charge in [0.25, 0.3) is 0 Å². The molecule has 2 nitrogen and oxygen atoms in total. The van der Waals surface area contributed by atoms with E-state index in [-0.39, 0.29) is 11.6 Å². The van der Waals surface area contributed by atoms with Gasteiger partial charge >= 0.3 is 0 Å². The van der Waals surface area contributed by atoms with E-state index in [2.05, 4.69) is 0 Å². The van der Waals surface area contributed by atoms with Crippen LogP contribution in [0.25, 0.3) is 0 Å². The first kappa shape index (κ1) is 8.91. The molecule has 0 bridgehead atoms. The van der Waals surface area contributed by atoms with Gasteiger partial charge in [-0.1, -0.05) is 25.2 Å². The summed E-state index contributed by atoms with van der Waals surface area (Å²) in [4.78, 5) is 22.5. The Morgan fingerprint density at radius 2 is 2.25 bits per heavy atom. The Balaban J connectivity index is 2.63. The zero-order valence-corrected chi connectivity index (χ0v) is 7.12. The molecule has 0 saturated heterocycles. The van der Waals surface area contributed by atoms with Crippen LogP contribution in [0.1, 0.15) is 19.8 Å². The average molecular weight is 164 g/mol. The Morgan fingerprint density at radius 3 is 2.83 bits per heavy atom. The predicted molar refractivity (Wildman–Crippen MR) is 46.7 cm³/mol. The van der Waals surface area contributed by atoms with Crippen LogP contribution in [0.5, 0.6) is 0 Å². The van der Waals surface area contributed by atoms with Crippen molar-refractivity contribution in [3.8, 4) is 0 Å². The summed E-state index contributed by atoms with van der Waals surface area (Å²) in [5.74, 6) is -0.561. The molecule has 1 aliphatic carbocycles. The van der Waals surface area contributed by atoms with Gasteiger partial charge in [-0.15, -0.1) is 0 Å². The van der Waals surface area contributed by atoms with E-state index in [1.165, 1.54) is 6.08 Å². The number of hydrogen-bond donors (Lipinski definition) is 0. The van der Waals surface area contributed by atoms with Crippen LogP contribution >= 0.6 is 0 Å². The molecule has 1 atom stereocenters. The fourth-order valence-corrected chi connectivity index (χ4v) is 1.19. The molecule has 1 aliphatic rings. The molecule has 0 heterocycles. The largest absolute Gasteiger partial charge is 0.299 e. The van der Waals surface area contributed by atoms with Gasteiger partial charge in [-0.05, 0) is 12.5 Å². The molecule has 0 aromatic heterocycles. The number of allylic oxidation sites excluding steroid dienone is 4. The van der Waals surface area contributed by atoms with Crippen LogP contribution in [0.2, 0.25) is 0 Å². The Bertz CT molecular complexity index is 249. The quantitative estimate of drug-likeness (QED) is 0.594. The molecular formula is C10H12O2. The van der Waals surface area contributed by atoms with E-state index < -0.39 is 5.92 Å². The average Bonchev–Trinajstić information content (AvgIpc) is 2.05. The zero-order valence-electron chi connectivity index (χ0n) is 7.12. The van der Waals surface area contributed by atoms with Gasteiger partial charge in [0.1, 0.15) is 5.78 Å². The van der Waals surface area contributed by atoms with Gasteiger partial charge in [-0.3, -0.25) is 9.59 Å². The van der Waals surface area contributed by atoms with E-state index in [0.29, 0.717) is 6.42 Å². The Labute approximate surface area is 72.0 Å². The summed E-state index contributed by atoms with van der Waals surface area (Å²) in [6.07, 6.45) is 7.84. The van der Waals surface area contributed by atoms with Gasteiger partial charge in [0.2, 0.25) is 0 Å². The van der Waals surface area contributed by atoms with E-state index in [1.54, 1.807) is 18.2 Å². The van der Waals surface area contributed by atoms with Crippen molar-refractivity contribution >= 4 is 11.6 Å². The molecule has 0 aromatic rings. The number of rotatable bonds is 3. The molecule has 12 heavy (non-hydrogen) atoms. The summed E-state index contributed by atoms with van der Waals surface area (Å²) in [6, 6.07) is 0. The van der Waals surface area contributed by atoms with Crippen molar-refractivity contribution in [3.63, 3.8) is 0 Å². The number of carbonyl (C=O) groups excluding carboxylic acids is 2. The predicted octanol–water partition coefficient (Wildman–Crippen LogP) is 1.67. The second-order valence-corrected chi connectivity index (χ2v) is 2.84. The van der Waals surface area contributed by atoms with Crippen molar-refractivity contribution in [2.24, 2.45) is 5.92 Å². The maximum atomic E-state index is 11.3. The second kappa shape index (κ2) is 4.00. The summed E-state index contributed by atoms with van der Waals surface area (Å²) in [5.41, 5.74) is 0. The molecule has 0 fully saturated rings. The summed E-state index contributed by atoms with van der Waals surface area (Å²) in [7, 11) is 0. The second-order valence-electron chi connectivity index (χ2n) is 2.84. The normalized spacial score (nSPS) is 21.4. The van der Waals surface area contributed by atoms with Crippen molar-refractivity contribution in [1.29, 1.82) is 0 Å². The van der Waals surface area contributed by atoms with Crippen molar-refractivity contribution in [2.45, 2.75) is 19.8 Å². The van der Waals surface area contributed by atoms with Crippen molar-refractivity contribution < 1.29 is 9.59 Å². The molecular weight excluding hydrogens is 152 g/mol. The van der Waals surface area contributed by atoms with Crippen molar-refractivity contribution in [3.05, 3.63) is 24.3 Å². The minimum atomic E-state index is -0.505.